The number of rotatable bonds is 5. The van der Waals surface area contributed by atoms with Gasteiger partial charge in [-0.15, -0.1) is 0 Å². The Labute approximate surface area is 146 Å². The van der Waals surface area contributed by atoms with Crippen molar-refractivity contribution < 1.29 is 14.4 Å². The summed E-state index contributed by atoms with van der Waals surface area (Å²) >= 11 is 0. The van der Waals surface area contributed by atoms with Gasteiger partial charge in [0.1, 0.15) is 0 Å². The number of nitrogens with one attached hydrogen (secondary N) is 2. The topological polar surface area (TPSA) is 100 Å². The van der Waals surface area contributed by atoms with Gasteiger partial charge in [-0.3, -0.25) is 4.79 Å². The van der Waals surface area contributed by atoms with E-state index in [1.807, 2.05) is 19.9 Å². The fourth-order valence-corrected chi connectivity index (χ4v) is 3.40. The van der Waals surface area contributed by atoms with Crippen LogP contribution in [0, 0.1) is 5.92 Å². The molecule has 2 fully saturated rings. The quantitative estimate of drug-likeness (QED) is 0.761. The average molecular weight is 344 g/mol. The normalized spacial score (nSPS) is 23.5. The highest BCUT2D eigenvalue weighted by Gasteiger charge is 2.30. The second-order valence-electron chi connectivity index (χ2n) is 7.47. The molecule has 1 saturated carbocycles. The lowest BCUT2D eigenvalue weighted by Gasteiger charge is -2.15. The van der Waals surface area contributed by atoms with Gasteiger partial charge in [-0.1, -0.05) is 19.0 Å². The summed E-state index contributed by atoms with van der Waals surface area (Å²) in [7, 11) is 0. The summed E-state index contributed by atoms with van der Waals surface area (Å²) in [4.78, 5) is 17.5. The molecule has 2 atom stereocenters. The van der Waals surface area contributed by atoms with E-state index in [0.29, 0.717) is 42.2 Å². The highest BCUT2D eigenvalue weighted by molar-refractivity contribution is 6.06. The van der Waals surface area contributed by atoms with Crippen molar-refractivity contribution in [2.45, 2.75) is 44.6 Å². The van der Waals surface area contributed by atoms with Crippen molar-refractivity contribution in [2.75, 3.05) is 19.6 Å². The van der Waals surface area contributed by atoms with Crippen LogP contribution in [0.4, 0.5) is 0 Å². The Kier molecular flexibility index (Phi) is 4.21. The molecule has 134 valence electrons. The van der Waals surface area contributed by atoms with Gasteiger partial charge in [-0.2, -0.15) is 0 Å². The van der Waals surface area contributed by atoms with Crippen molar-refractivity contribution in [3.05, 3.63) is 23.0 Å². The minimum absolute atomic E-state index is 0.0382. The van der Waals surface area contributed by atoms with Crippen LogP contribution in [-0.4, -0.2) is 46.9 Å². The number of carbonyl (C=O) groups is 1. The molecule has 1 amide bonds. The summed E-state index contributed by atoms with van der Waals surface area (Å²) in [5, 5.41) is 20.9. The molecule has 2 aromatic rings. The first kappa shape index (κ1) is 16.5. The molecular weight excluding hydrogens is 320 g/mol. The number of carbonyl (C=O) groups excluding carboxylic acids is 1. The summed E-state index contributed by atoms with van der Waals surface area (Å²) in [5.74, 6) is 0.446. The largest absolute Gasteiger partial charge is 0.391 e. The maximum Gasteiger partial charge on any atom is 0.259 e. The van der Waals surface area contributed by atoms with Crippen LogP contribution in [0.15, 0.2) is 10.6 Å². The number of nitrogens with zero attached hydrogens (tertiary/aromatic N) is 2. The Morgan fingerprint density at radius 1 is 1.44 bits per heavy atom. The molecule has 7 heteroatoms. The minimum Gasteiger partial charge on any atom is -0.391 e. The predicted octanol–water partition coefficient (Wildman–Crippen LogP) is 1.53. The van der Waals surface area contributed by atoms with E-state index in [1.165, 1.54) is 0 Å². The van der Waals surface area contributed by atoms with Crippen molar-refractivity contribution in [1.82, 2.24) is 20.8 Å². The number of aromatic nitrogens is 2. The molecule has 2 unspecified atom stereocenters. The first-order valence-electron chi connectivity index (χ1n) is 9.01. The van der Waals surface area contributed by atoms with Gasteiger partial charge in [0.15, 0.2) is 0 Å². The van der Waals surface area contributed by atoms with Crippen LogP contribution in [0.1, 0.15) is 60.3 Å². The first-order valence-corrected chi connectivity index (χ1v) is 9.01. The monoisotopic (exact) mass is 344 g/mol. The number of aliphatic hydroxyl groups excluding tert-OH is 1. The maximum absolute atomic E-state index is 12.9. The third kappa shape index (κ3) is 3.14. The van der Waals surface area contributed by atoms with Crippen LogP contribution >= 0.6 is 0 Å². The molecule has 4 rings (SSSR count). The lowest BCUT2D eigenvalue weighted by Crippen LogP contribution is -2.34. The summed E-state index contributed by atoms with van der Waals surface area (Å²) < 4.78 is 5.42. The zero-order valence-electron chi connectivity index (χ0n) is 14.6. The molecule has 0 bridgehead atoms. The van der Waals surface area contributed by atoms with Gasteiger partial charge < -0.3 is 20.3 Å². The van der Waals surface area contributed by atoms with E-state index >= 15 is 0 Å². The van der Waals surface area contributed by atoms with E-state index in [0.717, 1.165) is 24.2 Å². The van der Waals surface area contributed by atoms with Gasteiger partial charge in [0.25, 0.3) is 11.6 Å². The molecule has 0 aromatic carbocycles. The number of β-amino-alcohol motifs (C(OH)–C–C–N with tert-alkyl or cyclic N) is 1. The van der Waals surface area contributed by atoms with Crippen molar-refractivity contribution in [2.24, 2.45) is 5.92 Å². The van der Waals surface area contributed by atoms with Gasteiger partial charge in [0.2, 0.25) is 0 Å². The van der Waals surface area contributed by atoms with Gasteiger partial charge in [-0.25, -0.2) is 4.98 Å². The second kappa shape index (κ2) is 6.38. The van der Waals surface area contributed by atoms with Gasteiger partial charge in [0.05, 0.1) is 22.7 Å². The van der Waals surface area contributed by atoms with Crippen LogP contribution in [0.2, 0.25) is 0 Å². The molecular formula is C18H24N4O3. The van der Waals surface area contributed by atoms with Crippen LogP contribution in [0.3, 0.4) is 0 Å². The highest BCUT2D eigenvalue weighted by Crippen LogP contribution is 2.41. The van der Waals surface area contributed by atoms with Crippen molar-refractivity contribution in [1.29, 1.82) is 0 Å². The number of fused-ring (bicyclic) bond motifs is 1. The first-order chi connectivity index (χ1) is 12.0. The average Bonchev–Trinajstić information content (AvgIpc) is 3.22. The molecule has 0 radical (unpaired) electrons. The van der Waals surface area contributed by atoms with Crippen LogP contribution in [-0.2, 0) is 0 Å². The molecule has 1 saturated heterocycles. The standard InChI is InChI=1S/C18H24N4O3/c1-9(2)16-15-12(17(24)20-7-11-6-19-8-14(11)23)5-13(10-3-4-10)21-18(15)25-22-16/h5,9-11,14,19,23H,3-4,6-8H2,1-2H3,(H,20,24). The lowest BCUT2D eigenvalue weighted by molar-refractivity contribution is 0.0928. The minimum atomic E-state index is -0.415. The third-order valence-electron chi connectivity index (χ3n) is 5.11. The van der Waals surface area contributed by atoms with Crippen LogP contribution < -0.4 is 10.6 Å². The number of hydrogen-bond acceptors (Lipinski definition) is 6. The number of amides is 1. The summed E-state index contributed by atoms with van der Waals surface area (Å²) in [6.07, 6.45) is 1.79. The van der Waals surface area contributed by atoms with Gasteiger partial charge >= 0.3 is 0 Å². The number of aliphatic hydroxyl groups is 1. The Balaban J connectivity index is 1.65. The van der Waals surface area contributed by atoms with E-state index in [9.17, 15) is 9.90 Å². The molecule has 1 aliphatic carbocycles. The fraction of sp³-hybridized carbons (Fsp3) is 0.611. The van der Waals surface area contributed by atoms with E-state index in [-0.39, 0.29) is 17.7 Å². The van der Waals surface area contributed by atoms with E-state index in [4.69, 9.17) is 4.52 Å². The Morgan fingerprint density at radius 2 is 2.24 bits per heavy atom. The molecule has 2 aromatic heterocycles. The van der Waals surface area contributed by atoms with Gasteiger partial charge in [-0.05, 0) is 24.8 Å². The second-order valence-corrected chi connectivity index (χ2v) is 7.47. The van der Waals surface area contributed by atoms with Crippen LogP contribution in [0.25, 0.3) is 11.1 Å². The summed E-state index contributed by atoms with van der Waals surface area (Å²) in [6.45, 7) is 5.78. The van der Waals surface area contributed by atoms with Crippen molar-refractivity contribution in [3.63, 3.8) is 0 Å². The fourth-order valence-electron chi connectivity index (χ4n) is 3.40. The molecule has 7 nitrogen and oxygen atoms in total. The number of pyridine rings is 1. The molecule has 25 heavy (non-hydrogen) atoms. The SMILES string of the molecule is CC(C)c1noc2nc(C3CC3)cc(C(=O)NCC3CNCC3O)c12. The summed E-state index contributed by atoms with van der Waals surface area (Å²) in [5.41, 5.74) is 2.70. The molecule has 2 aliphatic rings. The van der Waals surface area contributed by atoms with E-state index in [1.54, 1.807) is 0 Å². The third-order valence-corrected chi connectivity index (χ3v) is 5.11. The highest BCUT2D eigenvalue weighted by atomic mass is 16.5. The van der Waals surface area contributed by atoms with E-state index < -0.39 is 6.10 Å². The van der Waals surface area contributed by atoms with E-state index in [2.05, 4.69) is 20.8 Å². The molecule has 0 spiro atoms. The van der Waals surface area contributed by atoms with Crippen molar-refractivity contribution in [3.8, 4) is 0 Å². The molecule has 3 heterocycles. The maximum atomic E-state index is 12.9. The number of hydrogen-bond donors (Lipinski definition) is 3. The molecule has 1 aliphatic heterocycles. The molecule has 3 N–H and O–H groups in total. The Bertz CT molecular complexity index is 797. The van der Waals surface area contributed by atoms with Gasteiger partial charge in [0, 0.05) is 37.2 Å². The lowest BCUT2D eigenvalue weighted by atomic mass is 10.0. The Hall–Kier alpha value is -1.99. The summed E-state index contributed by atoms with van der Waals surface area (Å²) in [6, 6.07) is 1.89. The van der Waals surface area contributed by atoms with Crippen molar-refractivity contribution >= 4 is 17.0 Å². The predicted molar refractivity (Wildman–Crippen MR) is 92.6 cm³/mol. The zero-order chi connectivity index (χ0) is 17.6. The smallest absolute Gasteiger partial charge is 0.259 e. The zero-order valence-corrected chi connectivity index (χ0v) is 14.6. The van der Waals surface area contributed by atoms with Crippen LogP contribution in [0.5, 0.6) is 0 Å². The Morgan fingerprint density at radius 3 is 2.88 bits per heavy atom.